The number of nitrogens with zero attached hydrogens (tertiary/aromatic N) is 3. The minimum atomic E-state index is -1.12. The van der Waals surface area contributed by atoms with Crippen LogP contribution in [0.2, 0.25) is 0 Å². The molecule has 0 spiro atoms. The summed E-state index contributed by atoms with van der Waals surface area (Å²) in [5.74, 6) is -1.44. The van der Waals surface area contributed by atoms with E-state index in [1.807, 2.05) is 0 Å². The summed E-state index contributed by atoms with van der Waals surface area (Å²) in [5, 5.41) is 23.0. The van der Waals surface area contributed by atoms with Crippen molar-refractivity contribution < 1.29 is 14.7 Å². The molecule has 1 saturated heterocycles. The molecule has 8 nitrogen and oxygen atoms in total. The fraction of sp³-hybridized carbons (Fsp3) is 0.692. The maximum atomic E-state index is 12.2. The topological polar surface area (TPSA) is 109 Å². The van der Waals surface area contributed by atoms with E-state index in [4.69, 9.17) is 0 Å². The lowest BCUT2D eigenvalue weighted by atomic mass is 9.76. The van der Waals surface area contributed by atoms with E-state index in [1.165, 1.54) is 0 Å². The first-order valence-electron chi connectivity index (χ1n) is 7.29. The Morgan fingerprint density at radius 3 is 2.67 bits per heavy atom. The number of aromatic nitrogens is 3. The van der Waals surface area contributed by atoms with E-state index in [0.29, 0.717) is 12.8 Å². The standard InChI is InChI=1S/C13H19N5O3/c19-11(15-13(12(20)21)4-1-5-13)10-8-18(17-16-10)9-2-6-14-7-3-9/h8-9,14H,1-7H2,(H,15,19)(H,20,21). The SMILES string of the molecule is O=C(NC1(C(=O)O)CCC1)c1cn(C2CCNCC2)nn1. The zero-order valence-electron chi connectivity index (χ0n) is 11.7. The summed E-state index contributed by atoms with van der Waals surface area (Å²) in [6, 6.07) is 0.248. The molecule has 2 heterocycles. The maximum absolute atomic E-state index is 12.2. The van der Waals surface area contributed by atoms with Crippen molar-refractivity contribution in [2.45, 2.75) is 43.7 Å². The molecule has 21 heavy (non-hydrogen) atoms. The minimum absolute atomic E-state index is 0.182. The predicted molar refractivity (Wildman–Crippen MR) is 72.8 cm³/mol. The summed E-state index contributed by atoms with van der Waals surface area (Å²) >= 11 is 0. The van der Waals surface area contributed by atoms with Gasteiger partial charge in [-0.25, -0.2) is 9.48 Å². The lowest BCUT2D eigenvalue weighted by molar-refractivity contribution is -0.148. The molecule has 3 N–H and O–H groups in total. The Labute approximate surface area is 121 Å². The van der Waals surface area contributed by atoms with Crippen LogP contribution in [-0.2, 0) is 4.79 Å². The monoisotopic (exact) mass is 293 g/mol. The third-order valence-corrected chi connectivity index (χ3v) is 4.40. The normalized spacial score (nSPS) is 21.5. The number of nitrogens with one attached hydrogen (secondary N) is 2. The Hall–Kier alpha value is -1.96. The van der Waals surface area contributed by atoms with Crippen LogP contribution >= 0.6 is 0 Å². The van der Waals surface area contributed by atoms with E-state index < -0.39 is 17.4 Å². The van der Waals surface area contributed by atoms with Crippen molar-refractivity contribution in [1.29, 1.82) is 0 Å². The molecule has 1 aliphatic carbocycles. The average molecular weight is 293 g/mol. The highest BCUT2D eigenvalue weighted by atomic mass is 16.4. The Balaban J connectivity index is 1.68. The highest BCUT2D eigenvalue weighted by Gasteiger charge is 2.46. The summed E-state index contributed by atoms with van der Waals surface area (Å²) in [5.41, 5.74) is -0.934. The summed E-state index contributed by atoms with van der Waals surface area (Å²) in [6.45, 7) is 1.85. The van der Waals surface area contributed by atoms with Crippen LogP contribution in [0, 0.1) is 0 Å². The number of rotatable bonds is 4. The molecule has 114 valence electrons. The van der Waals surface area contributed by atoms with Crippen LogP contribution in [0.4, 0.5) is 0 Å². The summed E-state index contributed by atoms with van der Waals surface area (Å²) in [7, 11) is 0. The van der Waals surface area contributed by atoms with Crippen LogP contribution in [0.25, 0.3) is 0 Å². The number of amides is 1. The number of carboxylic acids is 1. The van der Waals surface area contributed by atoms with Gasteiger partial charge in [0.15, 0.2) is 5.69 Å². The lowest BCUT2D eigenvalue weighted by Gasteiger charge is -2.37. The molecule has 2 aliphatic rings. The van der Waals surface area contributed by atoms with Gasteiger partial charge in [-0.05, 0) is 45.2 Å². The van der Waals surface area contributed by atoms with Crippen molar-refractivity contribution in [3.05, 3.63) is 11.9 Å². The van der Waals surface area contributed by atoms with E-state index in [0.717, 1.165) is 32.4 Å². The second-order valence-electron chi connectivity index (χ2n) is 5.76. The van der Waals surface area contributed by atoms with Crippen LogP contribution in [-0.4, -0.2) is 50.6 Å². The highest BCUT2D eigenvalue weighted by Crippen LogP contribution is 2.32. The summed E-state index contributed by atoms with van der Waals surface area (Å²) in [4.78, 5) is 23.4. The van der Waals surface area contributed by atoms with Gasteiger partial charge in [-0.3, -0.25) is 4.79 Å². The predicted octanol–water partition coefficient (Wildman–Crippen LogP) is -0.0603. The largest absolute Gasteiger partial charge is 0.480 e. The molecule has 0 radical (unpaired) electrons. The van der Waals surface area contributed by atoms with Crippen molar-refractivity contribution in [2.24, 2.45) is 0 Å². The van der Waals surface area contributed by atoms with Crippen LogP contribution in [0.5, 0.6) is 0 Å². The number of carbonyl (C=O) groups is 2. The zero-order valence-corrected chi connectivity index (χ0v) is 11.7. The molecular weight excluding hydrogens is 274 g/mol. The lowest BCUT2D eigenvalue weighted by Crippen LogP contribution is -2.59. The Kier molecular flexibility index (Phi) is 3.62. The molecule has 2 fully saturated rings. The van der Waals surface area contributed by atoms with Crippen molar-refractivity contribution in [3.63, 3.8) is 0 Å². The molecule has 8 heteroatoms. The van der Waals surface area contributed by atoms with Gasteiger partial charge in [0, 0.05) is 0 Å². The molecule has 1 aliphatic heterocycles. The van der Waals surface area contributed by atoms with E-state index >= 15 is 0 Å². The highest BCUT2D eigenvalue weighted by molar-refractivity contribution is 5.96. The smallest absolute Gasteiger partial charge is 0.329 e. The van der Waals surface area contributed by atoms with Gasteiger partial charge in [0.05, 0.1) is 12.2 Å². The number of carboxylic acid groups (broad SMARTS) is 1. The van der Waals surface area contributed by atoms with E-state index in [-0.39, 0.29) is 11.7 Å². The maximum Gasteiger partial charge on any atom is 0.329 e. The Morgan fingerprint density at radius 2 is 2.10 bits per heavy atom. The molecule has 0 bridgehead atoms. The number of carbonyl (C=O) groups excluding carboxylic acids is 1. The molecule has 1 saturated carbocycles. The van der Waals surface area contributed by atoms with Gasteiger partial charge < -0.3 is 15.7 Å². The van der Waals surface area contributed by atoms with Crippen molar-refractivity contribution in [1.82, 2.24) is 25.6 Å². The zero-order chi connectivity index (χ0) is 14.9. The van der Waals surface area contributed by atoms with Crippen LogP contribution in [0.1, 0.15) is 48.6 Å². The number of hydrogen-bond donors (Lipinski definition) is 3. The Morgan fingerprint density at radius 1 is 1.38 bits per heavy atom. The summed E-state index contributed by atoms with van der Waals surface area (Å²) in [6.07, 6.45) is 5.26. The van der Waals surface area contributed by atoms with Gasteiger partial charge in [0.2, 0.25) is 0 Å². The molecule has 1 aromatic heterocycles. The Bertz CT molecular complexity index is 546. The molecule has 0 unspecified atom stereocenters. The first kappa shape index (κ1) is 14.0. The van der Waals surface area contributed by atoms with Gasteiger partial charge in [-0.1, -0.05) is 5.21 Å². The fourth-order valence-corrected chi connectivity index (χ4v) is 2.83. The van der Waals surface area contributed by atoms with Gasteiger partial charge in [0.1, 0.15) is 5.54 Å². The third-order valence-electron chi connectivity index (χ3n) is 4.40. The first-order valence-corrected chi connectivity index (χ1v) is 7.29. The van der Waals surface area contributed by atoms with Crippen molar-refractivity contribution >= 4 is 11.9 Å². The quantitative estimate of drug-likeness (QED) is 0.717. The molecule has 1 aromatic rings. The summed E-state index contributed by atoms with van der Waals surface area (Å²) < 4.78 is 1.71. The van der Waals surface area contributed by atoms with Crippen molar-refractivity contribution in [2.75, 3.05) is 13.1 Å². The molecule has 1 amide bonds. The molecule has 3 rings (SSSR count). The molecule has 0 atom stereocenters. The molecular formula is C13H19N5O3. The minimum Gasteiger partial charge on any atom is -0.480 e. The van der Waals surface area contributed by atoms with E-state index in [9.17, 15) is 14.7 Å². The van der Waals surface area contributed by atoms with Gasteiger partial charge in [0.25, 0.3) is 5.91 Å². The second kappa shape index (κ2) is 5.44. The number of hydrogen-bond acceptors (Lipinski definition) is 5. The number of aliphatic carboxylic acids is 1. The van der Waals surface area contributed by atoms with Crippen LogP contribution < -0.4 is 10.6 Å². The van der Waals surface area contributed by atoms with Crippen molar-refractivity contribution in [3.8, 4) is 0 Å². The first-order chi connectivity index (χ1) is 10.1. The van der Waals surface area contributed by atoms with Gasteiger partial charge >= 0.3 is 5.97 Å². The van der Waals surface area contributed by atoms with Crippen LogP contribution in [0.3, 0.4) is 0 Å². The average Bonchev–Trinajstić information content (AvgIpc) is 2.93. The fourth-order valence-electron chi connectivity index (χ4n) is 2.83. The second-order valence-corrected chi connectivity index (χ2v) is 5.76. The van der Waals surface area contributed by atoms with Crippen LogP contribution in [0.15, 0.2) is 6.20 Å². The third kappa shape index (κ3) is 2.63. The van der Waals surface area contributed by atoms with E-state index in [1.54, 1.807) is 10.9 Å². The van der Waals surface area contributed by atoms with Gasteiger partial charge in [-0.2, -0.15) is 0 Å². The molecule has 0 aromatic carbocycles. The van der Waals surface area contributed by atoms with E-state index in [2.05, 4.69) is 20.9 Å². The van der Waals surface area contributed by atoms with Gasteiger partial charge in [-0.15, -0.1) is 5.10 Å². The number of piperidine rings is 1.